The number of carbonyl (C=O) groups is 1. The smallest absolute Gasteiger partial charge is 0.239 e. The van der Waals surface area contributed by atoms with Crippen LogP contribution in [0.15, 0.2) is 18.2 Å². The lowest BCUT2D eigenvalue weighted by atomic mass is 10.2. The maximum Gasteiger partial charge on any atom is 0.239 e. The molecule has 0 unspecified atom stereocenters. The Morgan fingerprint density at radius 1 is 1.44 bits per heavy atom. The van der Waals surface area contributed by atoms with Crippen LogP contribution in [0.25, 0.3) is 0 Å². The van der Waals surface area contributed by atoms with Crippen LogP contribution in [0.5, 0.6) is 0 Å². The predicted molar refractivity (Wildman–Crippen MR) is 62.9 cm³/mol. The number of anilines is 1. The number of carbonyl (C=O) groups excluding carboxylic acids is 1. The Kier molecular flexibility index (Phi) is 4.28. The van der Waals surface area contributed by atoms with E-state index in [2.05, 4.69) is 10.6 Å². The van der Waals surface area contributed by atoms with Gasteiger partial charge < -0.3 is 10.6 Å². The molecule has 1 aromatic carbocycles. The van der Waals surface area contributed by atoms with Gasteiger partial charge in [-0.2, -0.15) is 0 Å². The molecule has 16 heavy (non-hydrogen) atoms. The quantitative estimate of drug-likeness (QED) is 0.822. The normalized spacial score (nSPS) is 10.3. The summed E-state index contributed by atoms with van der Waals surface area (Å²) in [7, 11) is 0. The molecule has 0 heterocycles. The van der Waals surface area contributed by atoms with E-state index >= 15 is 0 Å². The Morgan fingerprint density at radius 3 is 2.75 bits per heavy atom. The van der Waals surface area contributed by atoms with Gasteiger partial charge in [0.15, 0.2) is 0 Å². The zero-order valence-corrected chi connectivity index (χ0v) is 9.80. The molecule has 3 nitrogen and oxygen atoms in total. The van der Waals surface area contributed by atoms with Gasteiger partial charge in [0.25, 0.3) is 0 Å². The number of rotatable bonds is 4. The molecule has 0 saturated heterocycles. The molecule has 1 aromatic rings. The summed E-state index contributed by atoms with van der Waals surface area (Å²) in [4.78, 5) is 11.4. The van der Waals surface area contributed by atoms with Gasteiger partial charge in [-0.3, -0.25) is 4.79 Å². The van der Waals surface area contributed by atoms with Crippen LogP contribution in [0.1, 0.15) is 19.4 Å². The summed E-state index contributed by atoms with van der Waals surface area (Å²) in [5.74, 6) is -0.406. The Balaban J connectivity index is 2.54. The highest BCUT2D eigenvalue weighted by atomic mass is 19.1. The number of hydrogen-bond donors (Lipinski definition) is 2. The van der Waals surface area contributed by atoms with Crippen molar-refractivity contribution >= 4 is 11.6 Å². The summed E-state index contributed by atoms with van der Waals surface area (Å²) in [5.41, 5.74) is 1.57. The number of benzene rings is 1. The van der Waals surface area contributed by atoms with Crippen LogP contribution in [0.2, 0.25) is 0 Å². The largest absolute Gasteiger partial charge is 0.376 e. The minimum atomic E-state index is -0.308. The standard InChI is InChI=1S/C12H17FN2O/c1-8(2)15-12(16)7-14-11-6-10(13)5-4-9(11)3/h4-6,8,14H,7H2,1-3H3,(H,15,16). The lowest BCUT2D eigenvalue weighted by Crippen LogP contribution is -2.34. The molecule has 1 amide bonds. The van der Waals surface area contributed by atoms with Crippen molar-refractivity contribution in [2.24, 2.45) is 0 Å². The van der Waals surface area contributed by atoms with Crippen molar-refractivity contribution in [2.45, 2.75) is 26.8 Å². The second kappa shape index (κ2) is 5.49. The molecule has 4 heteroatoms. The van der Waals surface area contributed by atoms with E-state index in [4.69, 9.17) is 0 Å². The fourth-order valence-electron chi connectivity index (χ4n) is 1.33. The SMILES string of the molecule is Cc1ccc(F)cc1NCC(=O)NC(C)C. The molecular formula is C12H17FN2O. The van der Waals surface area contributed by atoms with E-state index in [9.17, 15) is 9.18 Å². The van der Waals surface area contributed by atoms with E-state index in [1.54, 1.807) is 6.07 Å². The van der Waals surface area contributed by atoms with Crippen molar-refractivity contribution in [1.29, 1.82) is 0 Å². The summed E-state index contributed by atoms with van der Waals surface area (Å²) in [6.45, 7) is 5.81. The van der Waals surface area contributed by atoms with Gasteiger partial charge in [0.2, 0.25) is 5.91 Å². The van der Waals surface area contributed by atoms with Crippen LogP contribution in [0.4, 0.5) is 10.1 Å². The van der Waals surface area contributed by atoms with Crippen LogP contribution < -0.4 is 10.6 Å². The first-order valence-corrected chi connectivity index (χ1v) is 5.28. The van der Waals surface area contributed by atoms with Crippen LogP contribution in [-0.2, 0) is 4.79 Å². The van der Waals surface area contributed by atoms with Gasteiger partial charge in [-0.1, -0.05) is 6.07 Å². The van der Waals surface area contributed by atoms with Crippen molar-refractivity contribution in [1.82, 2.24) is 5.32 Å². The summed E-state index contributed by atoms with van der Waals surface area (Å²) >= 11 is 0. The summed E-state index contributed by atoms with van der Waals surface area (Å²) in [5, 5.41) is 5.66. The van der Waals surface area contributed by atoms with Crippen molar-refractivity contribution in [3.8, 4) is 0 Å². The van der Waals surface area contributed by atoms with Gasteiger partial charge in [-0.15, -0.1) is 0 Å². The van der Waals surface area contributed by atoms with Gasteiger partial charge in [-0.05, 0) is 38.5 Å². The molecule has 0 aliphatic rings. The third kappa shape index (κ3) is 3.88. The van der Waals surface area contributed by atoms with Gasteiger partial charge in [0, 0.05) is 11.7 Å². The lowest BCUT2D eigenvalue weighted by molar-refractivity contribution is -0.119. The number of halogens is 1. The average molecular weight is 224 g/mol. The third-order valence-electron chi connectivity index (χ3n) is 2.09. The van der Waals surface area contributed by atoms with E-state index in [0.717, 1.165) is 5.56 Å². The molecular weight excluding hydrogens is 207 g/mol. The molecule has 0 saturated carbocycles. The Bertz CT molecular complexity index is 377. The maximum absolute atomic E-state index is 12.9. The molecule has 2 N–H and O–H groups in total. The molecule has 0 fully saturated rings. The monoisotopic (exact) mass is 224 g/mol. The number of aryl methyl sites for hydroxylation is 1. The molecule has 0 bridgehead atoms. The highest BCUT2D eigenvalue weighted by Gasteiger charge is 2.04. The van der Waals surface area contributed by atoms with E-state index in [1.807, 2.05) is 20.8 Å². The second-order valence-electron chi connectivity index (χ2n) is 4.04. The van der Waals surface area contributed by atoms with Crippen molar-refractivity contribution < 1.29 is 9.18 Å². The second-order valence-corrected chi connectivity index (χ2v) is 4.04. The van der Waals surface area contributed by atoms with Crippen molar-refractivity contribution in [3.63, 3.8) is 0 Å². The molecule has 1 rings (SSSR count). The first-order chi connectivity index (χ1) is 7.49. The molecule has 0 aliphatic carbocycles. The first-order valence-electron chi connectivity index (χ1n) is 5.28. The minimum absolute atomic E-state index is 0.0985. The molecule has 0 spiro atoms. The summed E-state index contributed by atoms with van der Waals surface area (Å²) in [6.07, 6.45) is 0. The lowest BCUT2D eigenvalue weighted by Gasteiger charge is -2.11. The Morgan fingerprint density at radius 2 is 2.12 bits per heavy atom. The zero-order valence-electron chi connectivity index (χ0n) is 9.80. The van der Waals surface area contributed by atoms with E-state index in [-0.39, 0.29) is 24.3 Å². The van der Waals surface area contributed by atoms with E-state index in [1.165, 1.54) is 12.1 Å². The number of hydrogen-bond acceptors (Lipinski definition) is 2. The topological polar surface area (TPSA) is 41.1 Å². The predicted octanol–water partition coefficient (Wildman–Crippen LogP) is 2.07. The van der Waals surface area contributed by atoms with Crippen LogP contribution in [0.3, 0.4) is 0 Å². The number of nitrogens with one attached hydrogen (secondary N) is 2. The van der Waals surface area contributed by atoms with Gasteiger partial charge in [0.1, 0.15) is 5.82 Å². The van der Waals surface area contributed by atoms with Gasteiger partial charge in [-0.25, -0.2) is 4.39 Å². The summed E-state index contributed by atoms with van der Waals surface area (Å²) in [6, 6.07) is 4.58. The third-order valence-corrected chi connectivity index (χ3v) is 2.09. The zero-order chi connectivity index (χ0) is 12.1. The van der Waals surface area contributed by atoms with E-state index in [0.29, 0.717) is 5.69 Å². The molecule has 0 aliphatic heterocycles. The van der Waals surface area contributed by atoms with Crippen molar-refractivity contribution in [3.05, 3.63) is 29.6 Å². The highest BCUT2D eigenvalue weighted by molar-refractivity contribution is 5.81. The minimum Gasteiger partial charge on any atom is -0.376 e. The fraction of sp³-hybridized carbons (Fsp3) is 0.417. The molecule has 0 aromatic heterocycles. The van der Waals surface area contributed by atoms with Crippen LogP contribution >= 0.6 is 0 Å². The molecule has 0 atom stereocenters. The molecule has 0 radical (unpaired) electrons. The van der Waals surface area contributed by atoms with Gasteiger partial charge >= 0.3 is 0 Å². The molecule has 88 valence electrons. The number of amides is 1. The van der Waals surface area contributed by atoms with Crippen LogP contribution in [0, 0.1) is 12.7 Å². The Labute approximate surface area is 95.0 Å². The maximum atomic E-state index is 12.9. The van der Waals surface area contributed by atoms with Gasteiger partial charge in [0.05, 0.1) is 6.54 Å². The average Bonchev–Trinajstić information content (AvgIpc) is 2.18. The first kappa shape index (κ1) is 12.5. The Hall–Kier alpha value is -1.58. The van der Waals surface area contributed by atoms with Crippen molar-refractivity contribution in [2.75, 3.05) is 11.9 Å². The highest BCUT2D eigenvalue weighted by Crippen LogP contribution is 2.15. The summed E-state index contributed by atoms with van der Waals surface area (Å²) < 4.78 is 12.9. The van der Waals surface area contributed by atoms with E-state index < -0.39 is 0 Å². The van der Waals surface area contributed by atoms with Crippen LogP contribution in [-0.4, -0.2) is 18.5 Å². The fourth-order valence-corrected chi connectivity index (χ4v) is 1.33.